The molecular formula is C16H25N3OSi. The van der Waals surface area contributed by atoms with Gasteiger partial charge in [-0.1, -0.05) is 39.0 Å². The van der Waals surface area contributed by atoms with Crippen molar-refractivity contribution >= 4 is 13.4 Å². The Labute approximate surface area is 128 Å². The summed E-state index contributed by atoms with van der Waals surface area (Å²) in [4.78, 5) is 4.11. The van der Waals surface area contributed by atoms with E-state index >= 15 is 0 Å². The van der Waals surface area contributed by atoms with Crippen molar-refractivity contribution in [3.63, 3.8) is 0 Å². The van der Waals surface area contributed by atoms with E-state index in [2.05, 4.69) is 50.6 Å². The molecule has 21 heavy (non-hydrogen) atoms. The number of aromatic hydroxyl groups is 1. The maximum Gasteiger partial charge on any atom is 0.204 e. The van der Waals surface area contributed by atoms with Crippen LogP contribution >= 0.6 is 0 Å². The van der Waals surface area contributed by atoms with Crippen LogP contribution < -0.4 is 9.86 Å². The van der Waals surface area contributed by atoms with E-state index in [9.17, 15) is 5.11 Å². The second kappa shape index (κ2) is 5.22. The van der Waals surface area contributed by atoms with Crippen LogP contribution in [0.15, 0.2) is 36.9 Å². The summed E-state index contributed by atoms with van der Waals surface area (Å²) in [5.74, 6) is 0.439. The molecule has 1 heterocycles. The van der Waals surface area contributed by atoms with E-state index in [1.165, 1.54) is 0 Å². The molecule has 0 spiro atoms. The standard InChI is InChI=1S/C16H25N3OSi/c1-16(2,3)13-8-7-9-14(15(13)20)21(5,6)18(4)19-11-10-17-12-19/h7-12,20H,1-6H3. The van der Waals surface area contributed by atoms with E-state index in [4.69, 9.17) is 0 Å². The van der Waals surface area contributed by atoms with Gasteiger partial charge in [0.1, 0.15) is 12.1 Å². The first-order valence-corrected chi connectivity index (χ1v) is 10.2. The molecule has 2 aromatic rings. The van der Waals surface area contributed by atoms with Gasteiger partial charge in [-0.05, 0) is 24.1 Å². The summed E-state index contributed by atoms with van der Waals surface area (Å²) in [5, 5.41) is 11.8. The van der Waals surface area contributed by atoms with Crippen LogP contribution in [0.5, 0.6) is 5.75 Å². The molecular weight excluding hydrogens is 278 g/mol. The molecule has 4 nitrogen and oxygen atoms in total. The number of phenols is 1. The molecule has 0 aliphatic heterocycles. The van der Waals surface area contributed by atoms with E-state index in [0.29, 0.717) is 5.75 Å². The Balaban J connectivity index is 2.50. The van der Waals surface area contributed by atoms with E-state index in [-0.39, 0.29) is 5.41 Å². The molecule has 0 atom stereocenters. The summed E-state index contributed by atoms with van der Waals surface area (Å²) in [6.07, 6.45) is 5.49. The van der Waals surface area contributed by atoms with Crippen molar-refractivity contribution < 1.29 is 5.11 Å². The number of hydrogen-bond donors (Lipinski definition) is 1. The van der Waals surface area contributed by atoms with Crippen molar-refractivity contribution in [2.45, 2.75) is 39.3 Å². The molecule has 0 radical (unpaired) electrons. The second-order valence-corrected chi connectivity index (χ2v) is 11.3. The van der Waals surface area contributed by atoms with Gasteiger partial charge in [0, 0.05) is 24.6 Å². The van der Waals surface area contributed by atoms with Gasteiger partial charge >= 0.3 is 0 Å². The zero-order valence-corrected chi connectivity index (χ0v) is 14.8. The van der Waals surface area contributed by atoms with Gasteiger partial charge in [0.15, 0.2) is 0 Å². The van der Waals surface area contributed by atoms with Gasteiger partial charge in [0.2, 0.25) is 8.24 Å². The van der Waals surface area contributed by atoms with Crippen LogP contribution in [-0.2, 0) is 5.41 Å². The van der Waals surface area contributed by atoms with E-state index < -0.39 is 8.24 Å². The molecule has 0 bridgehead atoms. The average Bonchev–Trinajstić information content (AvgIpc) is 2.90. The van der Waals surface area contributed by atoms with Crippen LogP contribution in [-0.4, -0.2) is 30.0 Å². The Hall–Kier alpha value is -1.75. The summed E-state index contributed by atoms with van der Waals surface area (Å²) in [5.41, 5.74) is 0.928. The third kappa shape index (κ3) is 2.83. The van der Waals surface area contributed by atoms with Crippen molar-refractivity contribution in [1.29, 1.82) is 0 Å². The minimum absolute atomic E-state index is 0.0713. The van der Waals surface area contributed by atoms with Gasteiger partial charge in [0.05, 0.1) is 0 Å². The third-order valence-corrected chi connectivity index (χ3v) is 7.72. The number of nitrogens with zero attached hydrogens (tertiary/aromatic N) is 3. The Morgan fingerprint density at radius 1 is 1.24 bits per heavy atom. The summed E-state index contributed by atoms with van der Waals surface area (Å²) in [6, 6.07) is 6.11. The van der Waals surface area contributed by atoms with Gasteiger partial charge in [-0.3, -0.25) is 4.68 Å². The quantitative estimate of drug-likeness (QED) is 0.886. The number of aromatic nitrogens is 2. The molecule has 0 amide bonds. The lowest BCUT2D eigenvalue weighted by Crippen LogP contribution is -2.60. The van der Waals surface area contributed by atoms with Gasteiger partial charge in [0.25, 0.3) is 0 Å². The van der Waals surface area contributed by atoms with Crippen molar-refractivity contribution in [1.82, 2.24) is 9.66 Å². The average molecular weight is 303 g/mol. The molecule has 1 N–H and O–H groups in total. The summed E-state index contributed by atoms with van der Waals surface area (Å²) in [7, 11) is 0.0169. The van der Waals surface area contributed by atoms with Crippen LogP contribution in [0, 0.1) is 0 Å². The van der Waals surface area contributed by atoms with E-state index in [1.807, 2.05) is 29.1 Å². The molecule has 5 heteroatoms. The van der Waals surface area contributed by atoms with E-state index in [0.717, 1.165) is 10.8 Å². The largest absolute Gasteiger partial charge is 0.508 e. The molecule has 0 fully saturated rings. The highest BCUT2D eigenvalue weighted by Gasteiger charge is 2.34. The van der Waals surface area contributed by atoms with Crippen LogP contribution in [0.2, 0.25) is 13.1 Å². The van der Waals surface area contributed by atoms with Crippen LogP contribution in [0.3, 0.4) is 0 Å². The van der Waals surface area contributed by atoms with Crippen molar-refractivity contribution in [2.75, 3.05) is 11.7 Å². The van der Waals surface area contributed by atoms with Crippen LogP contribution in [0.25, 0.3) is 0 Å². The summed E-state index contributed by atoms with van der Waals surface area (Å²) < 4.78 is 4.18. The maximum atomic E-state index is 10.8. The number of imidazole rings is 1. The summed E-state index contributed by atoms with van der Waals surface area (Å²) in [6.45, 7) is 10.8. The molecule has 0 unspecified atom stereocenters. The highest BCUT2D eigenvalue weighted by atomic mass is 28.3. The molecule has 114 valence electrons. The third-order valence-electron chi connectivity index (χ3n) is 4.15. The monoisotopic (exact) mass is 303 g/mol. The number of benzene rings is 1. The molecule has 0 saturated heterocycles. The lowest BCUT2D eigenvalue weighted by molar-refractivity contribution is 0.450. The minimum Gasteiger partial charge on any atom is -0.508 e. The lowest BCUT2D eigenvalue weighted by atomic mass is 9.86. The Morgan fingerprint density at radius 3 is 2.43 bits per heavy atom. The number of para-hydroxylation sites is 1. The van der Waals surface area contributed by atoms with Gasteiger partial charge in [-0.2, -0.15) is 0 Å². The van der Waals surface area contributed by atoms with Gasteiger partial charge in [-0.15, -0.1) is 0 Å². The Morgan fingerprint density at radius 2 is 1.90 bits per heavy atom. The predicted molar refractivity (Wildman–Crippen MR) is 90.3 cm³/mol. The molecule has 0 aliphatic rings. The first-order valence-electron chi connectivity index (χ1n) is 7.20. The van der Waals surface area contributed by atoms with Crippen molar-refractivity contribution in [3.05, 3.63) is 42.5 Å². The SMILES string of the molecule is CN(n1ccnc1)[Si](C)(C)c1cccc(C(C)(C)C)c1O. The second-order valence-electron chi connectivity index (χ2n) is 6.98. The molecule has 1 aromatic carbocycles. The van der Waals surface area contributed by atoms with E-state index in [1.54, 1.807) is 12.5 Å². The number of rotatable bonds is 3. The molecule has 0 aliphatic carbocycles. The first-order chi connectivity index (χ1) is 9.65. The Kier molecular flexibility index (Phi) is 3.89. The fraction of sp³-hybridized carbons (Fsp3) is 0.438. The topological polar surface area (TPSA) is 41.3 Å². The zero-order chi connectivity index (χ0) is 15.8. The molecule has 1 aromatic heterocycles. The highest BCUT2D eigenvalue weighted by molar-refractivity contribution is 6.92. The number of phenolic OH excluding ortho intramolecular Hbond substituents is 1. The van der Waals surface area contributed by atoms with Crippen molar-refractivity contribution in [3.8, 4) is 5.75 Å². The summed E-state index contributed by atoms with van der Waals surface area (Å²) >= 11 is 0. The molecule has 2 rings (SSSR count). The maximum absolute atomic E-state index is 10.8. The normalized spacial score (nSPS) is 12.5. The predicted octanol–water partition coefficient (Wildman–Crippen LogP) is 2.57. The Bertz CT molecular complexity index is 615. The van der Waals surface area contributed by atoms with Gasteiger partial charge in [-0.25, -0.2) is 4.98 Å². The fourth-order valence-electron chi connectivity index (χ4n) is 2.53. The van der Waals surface area contributed by atoms with Crippen LogP contribution in [0.1, 0.15) is 26.3 Å². The minimum atomic E-state index is -2.04. The first kappa shape index (κ1) is 15.6. The van der Waals surface area contributed by atoms with Crippen molar-refractivity contribution in [2.24, 2.45) is 0 Å². The lowest BCUT2D eigenvalue weighted by Gasteiger charge is -2.37. The van der Waals surface area contributed by atoms with Crippen LogP contribution in [0.4, 0.5) is 0 Å². The van der Waals surface area contributed by atoms with Gasteiger partial charge < -0.3 is 9.78 Å². The fourth-order valence-corrected chi connectivity index (χ4v) is 4.80. The smallest absolute Gasteiger partial charge is 0.204 e. The zero-order valence-electron chi connectivity index (χ0n) is 13.8. The molecule has 0 saturated carbocycles. The highest BCUT2D eigenvalue weighted by Crippen LogP contribution is 2.30. The number of hydrogen-bond acceptors (Lipinski definition) is 3.